The van der Waals surface area contributed by atoms with E-state index in [4.69, 9.17) is 0 Å². The van der Waals surface area contributed by atoms with Gasteiger partial charge in [0.25, 0.3) is 0 Å². The molecule has 0 bridgehead atoms. The molecule has 0 spiro atoms. The zero-order valence-electron chi connectivity index (χ0n) is 12.6. The fraction of sp³-hybridized carbons (Fsp3) is 0. The molecule has 0 radical (unpaired) electrons. The molecule has 4 aromatic rings. The van der Waals surface area contributed by atoms with Crippen LogP contribution in [0, 0.1) is 5.82 Å². The minimum atomic E-state index is -0.276. The number of benzene rings is 2. The summed E-state index contributed by atoms with van der Waals surface area (Å²) in [6.45, 7) is 0. The van der Waals surface area contributed by atoms with E-state index in [1.165, 1.54) is 12.1 Å². The zero-order chi connectivity index (χ0) is 16.4. The van der Waals surface area contributed by atoms with Gasteiger partial charge in [0, 0.05) is 17.3 Å². The van der Waals surface area contributed by atoms with Gasteiger partial charge < -0.3 is 5.32 Å². The number of nitrogens with zero attached hydrogens (tertiary/aromatic N) is 3. The van der Waals surface area contributed by atoms with Crippen LogP contribution in [0.15, 0.2) is 72.9 Å². The average Bonchev–Trinajstić information content (AvgIpc) is 2.64. The molecule has 0 aliphatic heterocycles. The van der Waals surface area contributed by atoms with Gasteiger partial charge in [0.1, 0.15) is 17.3 Å². The summed E-state index contributed by atoms with van der Waals surface area (Å²) in [5, 5.41) is 4.13. The first-order valence-corrected chi connectivity index (χ1v) is 7.50. The van der Waals surface area contributed by atoms with Gasteiger partial charge in [-0.3, -0.25) is 4.98 Å². The molecule has 116 valence electrons. The van der Waals surface area contributed by atoms with E-state index in [0.717, 1.165) is 16.6 Å². The topological polar surface area (TPSA) is 50.7 Å². The minimum Gasteiger partial charge on any atom is -0.340 e. The molecule has 0 fully saturated rings. The lowest BCUT2D eigenvalue weighted by Crippen LogP contribution is -2.00. The van der Waals surface area contributed by atoms with Crippen LogP contribution >= 0.6 is 0 Å². The molecular formula is C19H13FN4. The monoisotopic (exact) mass is 316 g/mol. The molecule has 24 heavy (non-hydrogen) atoms. The Morgan fingerprint density at radius 3 is 2.38 bits per heavy atom. The molecule has 0 aliphatic rings. The smallest absolute Gasteiger partial charge is 0.180 e. The average molecular weight is 316 g/mol. The highest BCUT2D eigenvalue weighted by molar-refractivity contribution is 5.92. The van der Waals surface area contributed by atoms with Crippen molar-refractivity contribution in [3.8, 4) is 11.5 Å². The minimum absolute atomic E-state index is 0.276. The Balaban J connectivity index is 1.85. The maximum absolute atomic E-state index is 13.1. The summed E-state index contributed by atoms with van der Waals surface area (Å²) < 4.78 is 13.1. The molecule has 0 saturated heterocycles. The van der Waals surface area contributed by atoms with Gasteiger partial charge in [-0.15, -0.1) is 0 Å². The number of nitrogens with one attached hydrogen (secondary N) is 1. The normalized spacial score (nSPS) is 10.7. The first kappa shape index (κ1) is 14.3. The van der Waals surface area contributed by atoms with Crippen LogP contribution in [-0.2, 0) is 0 Å². The Hall–Kier alpha value is -3.34. The molecule has 0 unspecified atom stereocenters. The third-order valence-corrected chi connectivity index (χ3v) is 3.60. The van der Waals surface area contributed by atoms with Crippen LogP contribution in [0.25, 0.3) is 22.4 Å². The second-order valence-electron chi connectivity index (χ2n) is 5.26. The van der Waals surface area contributed by atoms with Gasteiger partial charge in [0.15, 0.2) is 5.82 Å². The Labute approximate surface area is 138 Å². The molecule has 2 aromatic heterocycles. The van der Waals surface area contributed by atoms with Crippen LogP contribution < -0.4 is 5.32 Å². The number of rotatable bonds is 3. The number of aromatic nitrogens is 3. The summed E-state index contributed by atoms with van der Waals surface area (Å²) in [7, 11) is 0. The largest absolute Gasteiger partial charge is 0.340 e. The van der Waals surface area contributed by atoms with Crippen LogP contribution in [0.4, 0.5) is 15.9 Å². The molecule has 2 aromatic carbocycles. The Morgan fingerprint density at radius 1 is 0.792 bits per heavy atom. The number of anilines is 2. The van der Waals surface area contributed by atoms with E-state index >= 15 is 0 Å². The van der Waals surface area contributed by atoms with Crippen LogP contribution in [0.1, 0.15) is 0 Å². The van der Waals surface area contributed by atoms with Crippen molar-refractivity contribution >= 4 is 22.4 Å². The van der Waals surface area contributed by atoms with E-state index in [0.29, 0.717) is 17.3 Å². The number of halogens is 1. The lowest BCUT2D eigenvalue weighted by molar-refractivity contribution is 0.628. The number of para-hydroxylation sites is 1. The second kappa shape index (κ2) is 6.04. The lowest BCUT2D eigenvalue weighted by atomic mass is 10.2. The SMILES string of the molecule is Fc1ccc(Nc2nc(-c3ccccn3)nc3ccccc23)cc1. The molecule has 4 rings (SSSR count). The third kappa shape index (κ3) is 2.79. The summed E-state index contributed by atoms with van der Waals surface area (Å²) in [5.41, 5.74) is 2.27. The molecule has 0 aliphatic carbocycles. The first-order valence-electron chi connectivity index (χ1n) is 7.50. The quantitative estimate of drug-likeness (QED) is 0.601. The molecule has 0 atom stereocenters. The third-order valence-electron chi connectivity index (χ3n) is 3.60. The number of hydrogen-bond donors (Lipinski definition) is 1. The Morgan fingerprint density at radius 2 is 1.58 bits per heavy atom. The van der Waals surface area contributed by atoms with Gasteiger partial charge in [-0.25, -0.2) is 14.4 Å². The van der Waals surface area contributed by atoms with Crippen molar-refractivity contribution in [1.82, 2.24) is 15.0 Å². The zero-order valence-corrected chi connectivity index (χ0v) is 12.6. The van der Waals surface area contributed by atoms with Gasteiger partial charge >= 0.3 is 0 Å². The Bertz CT molecular complexity index is 985. The van der Waals surface area contributed by atoms with E-state index in [1.54, 1.807) is 18.3 Å². The molecule has 0 saturated carbocycles. The van der Waals surface area contributed by atoms with E-state index in [9.17, 15) is 4.39 Å². The van der Waals surface area contributed by atoms with Crippen LogP contribution in [0.5, 0.6) is 0 Å². The summed E-state index contributed by atoms with van der Waals surface area (Å²) in [5.74, 6) is 0.925. The summed E-state index contributed by atoms with van der Waals surface area (Å²) in [6.07, 6.45) is 1.71. The fourth-order valence-corrected chi connectivity index (χ4v) is 2.45. The van der Waals surface area contributed by atoms with E-state index in [1.807, 2.05) is 42.5 Å². The molecule has 1 N–H and O–H groups in total. The van der Waals surface area contributed by atoms with Gasteiger partial charge in [0.05, 0.1) is 5.52 Å². The first-order chi connectivity index (χ1) is 11.8. The summed E-state index contributed by atoms with van der Waals surface area (Å²) >= 11 is 0. The van der Waals surface area contributed by atoms with E-state index < -0.39 is 0 Å². The maximum atomic E-state index is 13.1. The molecular weight excluding hydrogens is 303 g/mol. The standard InChI is InChI=1S/C19H13FN4/c20-13-8-10-14(11-9-13)22-18-15-5-1-2-6-16(15)23-19(24-18)17-7-3-4-12-21-17/h1-12H,(H,22,23,24). The maximum Gasteiger partial charge on any atom is 0.180 e. The van der Waals surface area contributed by atoms with Gasteiger partial charge in [0.2, 0.25) is 0 Å². The van der Waals surface area contributed by atoms with Gasteiger partial charge in [-0.1, -0.05) is 18.2 Å². The highest BCUT2D eigenvalue weighted by atomic mass is 19.1. The van der Waals surface area contributed by atoms with Gasteiger partial charge in [-0.2, -0.15) is 0 Å². The molecule has 0 amide bonds. The van der Waals surface area contributed by atoms with Crippen molar-refractivity contribution in [1.29, 1.82) is 0 Å². The van der Waals surface area contributed by atoms with Crippen molar-refractivity contribution in [2.75, 3.05) is 5.32 Å². The van der Waals surface area contributed by atoms with Crippen molar-refractivity contribution in [2.24, 2.45) is 0 Å². The molecule has 2 heterocycles. The van der Waals surface area contributed by atoms with E-state index in [-0.39, 0.29) is 5.82 Å². The number of hydrogen-bond acceptors (Lipinski definition) is 4. The summed E-state index contributed by atoms with van der Waals surface area (Å²) in [6, 6.07) is 19.5. The predicted molar refractivity (Wildman–Crippen MR) is 92.5 cm³/mol. The predicted octanol–water partition coefficient (Wildman–Crippen LogP) is 4.57. The summed E-state index contributed by atoms with van der Waals surface area (Å²) in [4.78, 5) is 13.5. The van der Waals surface area contributed by atoms with Crippen LogP contribution in [0.3, 0.4) is 0 Å². The Kier molecular flexibility index (Phi) is 3.59. The highest BCUT2D eigenvalue weighted by Gasteiger charge is 2.10. The number of fused-ring (bicyclic) bond motifs is 1. The van der Waals surface area contributed by atoms with Crippen molar-refractivity contribution in [3.05, 3.63) is 78.7 Å². The van der Waals surface area contributed by atoms with Crippen molar-refractivity contribution in [2.45, 2.75) is 0 Å². The highest BCUT2D eigenvalue weighted by Crippen LogP contribution is 2.26. The molecule has 4 nitrogen and oxygen atoms in total. The second-order valence-corrected chi connectivity index (χ2v) is 5.26. The fourth-order valence-electron chi connectivity index (χ4n) is 2.45. The molecule has 5 heteroatoms. The van der Waals surface area contributed by atoms with Crippen LogP contribution in [0.2, 0.25) is 0 Å². The van der Waals surface area contributed by atoms with Crippen molar-refractivity contribution < 1.29 is 4.39 Å². The van der Waals surface area contributed by atoms with E-state index in [2.05, 4.69) is 20.3 Å². The van der Waals surface area contributed by atoms with Gasteiger partial charge in [-0.05, 0) is 48.5 Å². The lowest BCUT2D eigenvalue weighted by Gasteiger charge is -2.10. The number of pyridine rings is 1. The van der Waals surface area contributed by atoms with Crippen molar-refractivity contribution in [3.63, 3.8) is 0 Å². The van der Waals surface area contributed by atoms with Crippen LogP contribution in [-0.4, -0.2) is 15.0 Å².